The Kier molecular flexibility index (Phi) is 3.25. The second-order valence-corrected chi connectivity index (χ2v) is 4.82. The molecule has 0 bridgehead atoms. The monoisotopic (exact) mass is 300 g/mol. The van der Waals surface area contributed by atoms with E-state index in [9.17, 15) is 4.79 Å². The fourth-order valence-electron chi connectivity index (χ4n) is 1.16. The molecule has 2 aromatic rings. The predicted molar refractivity (Wildman–Crippen MR) is 68.6 cm³/mol. The van der Waals surface area contributed by atoms with Gasteiger partial charge in [0, 0.05) is 11.1 Å². The van der Waals surface area contributed by atoms with Gasteiger partial charge in [0.1, 0.15) is 5.82 Å². The van der Waals surface area contributed by atoms with Crippen molar-refractivity contribution in [3.8, 4) is 0 Å². The smallest absolute Gasteiger partial charge is 0.304 e. The van der Waals surface area contributed by atoms with Crippen LogP contribution in [-0.4, -0.2) is 9.97 Å². The Hall–Kier alpha value is -1.34. The van der Waals surface area contributed by atoms with Gasteiger partial charge in [-0.3, -0.25) is 4.79 Å². The minimum absolute atomic E-state index is 0.0545. The van der Waals surface area contributed by atoms with E-state index in [-0.39, 0.29) is 4.87 Å². The normalized spacial score (nSPS) is 10.3. The van der Waals surface area contributed by atoms with Gasteiger partial charge in [0.25, 0.3) is 0 Å². The van der Waals surface area contributed by atoms with Crippen molar-refractivity contribution in [2.75, 3.05) is 11.1 Å². The molecule has 0 fully saturated rings. The summed E-state index contributed by atoms with van der Waals surface area (Å²) in [4.78, 5) is 17.7. The summed E-state index contributed by atoms with van der Waals surface area (Å²) >= 11 is 4.49. The molecule has 5 nitrogen and oxygen atoms in total. The van der Waals surface area contributed by atoms with Crippen LogP contribution in [0.3, 0.4) is 0 Å². The average Bonchev–Trinajstić information content (AvgIpc) is 2.63. The van der Waals surface area contributed by atoms with Gasteiger partial charge in [-0.15, -0.1) is 0 Å². The molecule has 0 saturated heterocycles. The Morgan fingerprint density at radius 2 is 2.44 bits per heavy atom. The number of nitrogens with one attached hydrogen (secondary N) is 2. The van der Waals surface area contributed by atoms with Crippen molar-refractivity contribution in [2.24, 2.45) is 0 Å². The van der Waals surface area contributed by atoms with E-state index in [2.05, 4.69) is 31.2 Å². The maximum Gasteiger partial charge on any atom is 0.304 e. The van der Waals surface area contributed by atoms with Gasteiger partial charge in [-0.1, -0.05) is 11.3 Å². The zero-order chi connectivity index (χ0) is 11.5. The fraction of sp³-hybridized carbons (Fsp3) is 0.111. The fourth-order valence-corrected chi connectivity index (χ4v) is 2.25. The highest BCUT2D eigenvalue weighted by Gasteiger charge is 2.02. The number of hydrogen-bond donors (Lipinski definition) is 3. The number of hydrogen-bond acceptors (Lipinski definition) is 5. The molecule has 0 saturated carbocycles. The van der Waals surface area contributed by atoms with Gasteiger partial charge in [-0.05, 0) is 22.0 Å². The molecule has 0 spiro atoms. The van der Waals surface area contributed by atoms with E-state index >= 15 is 0 Å². The van der Waals surface area contributed by atoms with E-state index in [1.54, 1.807) is 17.6 Å². The van der Waals surface area contributed by atoms with Crippen LogP contribution in [0.25, 0.3) is 0 Å². The van der Waals surface area contributed by atoms with Crippen LogP contribution < -0.4 is 15.9 Å². The molecule has 7 heteroatoms. The third kappa shape index (κ3) is 2.61. The van der Waals surface area contributed by atoms with Gasteiger partial charge >= 0.3 is 4.87 Å². The van der Waals surface area contributed by atoms with Crippen LogP contribution in [-0.2, 0) is 6.54 Å². The molecule has 2 heterocycles. The summed E-state index contributed by atoms with van der Waals surface area (Å²) in [6, 6.07) is 1.77. The highest BCUT2D eigenvalue weighted by molar-refractivity contribution is 9.10. The topological polar surface area (TPSA) is 83.8 Å². The number of nitrogens with zero attached hydrogens (tertiary/aromatic N) is 1. The van der Waals surface area contributed by atoms with Gasteiger partial charge in [0.2, 0.25) is 0 Å². The number of nitrogen functional groups attached to an aromatic ring is 1. The molecule has 16 heavy (non-hydrogen) atoms. The molecule has 84 valence electrons. The molecule has 0 radical (unpaired) electrons. The average molecular weight is 301 g/mol. The summed E-state index contributed by atoms with van der Waals surface area (Å²) in [7, 11) is 0. The number of halogens is 1. The van der Waals surface area contributed by atoms with Gasteiger partial charge in [0.15, 0.2) is 0 Å². The lowest BCUT2D eigenvalue weighted by Gasteiger charge is -2.06. The third-order valence-corrected chi connectivity index (χ3v) is 3.20. The molecular formula is C9H9BrN4OS. The van der Waals surface area contributed by atoms with Crippen molar-refractivity contribution in [3.05, 3.63) is 37.5 Å². The summed E-state index contributed by atoms with van der Waals surface area (Å²) in [5, 5.41) is 4.87. The molecular weight excluding hydrogens is 292 g/mol. The van der Waals surface area contributed by atoms with Crippen molar-refractivity contribution < 1.29 is 0 Å². The number of nitrogens with two attached hydrogens (primary N) is 1. The molecule has 0 aliphatic heterocycles. The van der Waals surface area contributed by atoms with Crippen molar-refractivity contribution in [3.63, 3.8) is 0 Å². The summed E-state index contributed by atoms with van der Waals surface area (Å²) in [6.07, 6.45) is 1.57. The first-order valence-corrected chi connectivity index (χ1v) is 6.14. The summed E-state index contributed by atoms with van der Waals surface area (Å²) in [5.41, 5.74) is 7.00. The van der Waals surface area contributed by atoms with E-state index in [1.165, 1.54) is 0 Å². The summed E-state index contributed by atoms with van der Waals surface area (Å²) in [6.45, 7) is 0.522. The van der Waals surface area contributed by atoms with Crippen LogP contribution in [0.1, 0.15) is 5.69 Å². The van der Waals surface area contributed by atoms with Gasteiger partial charge < -0.3 is 16.0 Å². The Balaban J connectivity index is 2.07. The lowest BCUT2D eigenvalue weighted by molar-refractivity contribution is 1.04. The lowest BCUT2D eigenvalue weighted by Crippen LogP contribution is -2.04. The van der Waals surface area contributed by atoms with Crippen molar-refractivity contribution in [2.45, 2.75) is 6.54 Å². The van der Waals surface area contributed by atoms with E-state index in [0.717, 1.165) is 21.5 Å². The molecule has 2 rings (SSSR count). The van der Waals surface area contributed by atoms with Gasteiger partial charge in [0.05, 0.1) is 22.9 Å². The number of aromatic nitrogens is 2. The molecule has 4 N–H and O–H groups in total. The minimum atomic E-state index is -0.0545. The second-order valence-electron chi connectivity index (χ2n) is 3.13. The zero-order valence-electron chi connectivity index (χ0n) is 8.16. The SMILES string of the molecule is Nc1cnc(NCc2csc(=O)[nH]2)c(Br)c1. The number of anilines is 2. The second kappa shape index (κ2) is 4.67. The Morgan fingerprint density at radius 1 is 1.62 bits per heavy atom. The number of aromatic amines is 1. The molecule has 0 amide bonds. The van der Waals surface area contributed by atoms with Crippen LogP contribution in [0, 0.1) is 0 Å². The number of rotatable bonds is 3. The molecule has 0 unspecified atom stereocenters. The first-order valence-electron chi connectivity index (χ1n) is 4.47. The largest absolute Gasteiger partial charge is 0.397 e. The Bertz CT molecular complexity index is 550. The number of pyridine rings is 1. The van der Waals surface area contributed by atoms with Crippen LogP contribution in [0.15, 0.2) is 26.9 Å². The van der Waals surface area contributed by atoms with Crippen LogP contribution in [0.2, 0.25) is 0 Å². The maximum atomic E-state index is 10.9. The first kappa shape index (κ1) is 11.2. The molecule has 0 aliphatic carbocycles. The molecule has 0 aliphatic rings. The predicted octanol–water partition coefficient (Wildman–Crippen LogP) is 1.79. The van der Waals surface area contributed by atoms with E-state index in [1.807, 2.05) is 0 Å². The lowest BCUT2D eigenvalue weighted by atomic mass is 10.4. The van der Waals surface area contributed by atoms with E-state index < -0.39 is 0 Å². The summed E-state index contributed by atoms with van der Waals surface area (Å²) < 4.78 is 0.796. The van der Waals surface area contributed by atoms with Crippen LogP contribution >= 0.6 is 27.3 Å². The standard InChI is InChI=1S/C9H9BrN4OS/c10-7-1-5(11)2-12-8(7)13-3-6-4-16-9(15)14-6/h1-2,4H,3,11H2,(H,12,13)(H,14,15). The zero-order valence-corrected chi connectivity index (χ0v) is 10.6. The molecule has 0 aromatic carbocycles. The van der Waals surface area contributed by atoms with Crippen LogP contribution in [0.4, 0.5) is 11.5 Å². The first-order chi connectivity index (χ1) is 7.65. The number of thiazole rings is 1. The quantitative estimate of drug-likeness (QED) is 0.807. The highest BCUT2D eigenvalue weighted by Crippen LogP contribution is 2.21. The summed E-state index contributed by atoms with van der Waals surface area (Å²) in [5.74, 6) is 0.696. The minimum Gasteiger partial charge on any atom is -0.397 e. The van der Waals surface area contributed by atoms with Crippen molar-refractivity contribution in [1.82, 2.24) is 9.97 Å². The van der Waals surface area contributed by atoms with Gasteiger partial charge in [-0.25, -0.2) is 4.98 Å². The third-order valence-electron chi connectivity index (χ3n) is 1.88. The molecule has 2 aromatic heterocycles. The Labute approximate surface area is 104 Å². The Morgan fingerprint density at radius 3 is 3.06 bits per heavy atom. The number of H-pyrrole nitrogens is 1. The maximum absolute atomic E-state index is 10.9. The van der Waals surface area contributed by atoms with E-state index in [4.69, 9.17) is 5.73 Å². The molecule has 0 atom stereocenters. The van der Waals surface area contributed by atoms with Crippen molar-refractivity contribution in [1.29, 1.82) is 0 Å². The highest BCUT2D eigenvalue weighted by atomic mass is 79.9. The van der Waals surface area contributed by atoms with Crippen LogP contribution in [0.5, 0.6) is 0 Å². The van der Waals surface area contributed by atoms with E-state index in [0.29, 0.717) is 18.1 Å². The van der Waals surface area contributed by atoms with Crippen molar-refractivity contribution >= 4 is 38.8 Å². The van der Waals surface area contributed by atoms with Gasteiger partial charge in [-0.2, -0.15) is 0 Å².